The zero-order chi connectivity index (χ0) is 10.5. The molecule has 0 heterocycles. The summed E-state index contributed by atoms with van der Waals surface area (Å²) in [5, 5.41) is 0. The largest absolute Gasteiger partial charge is 0.303 e. The van der Waals surface area contributed by atoms with Crippen LogP contribution in [0, 0.1) is 5.41 Å². The maximum absolute atomic E-state index is 4.48. The van der Waals surface area contributed by atoms with Crippen LogP contribution in [0.25, 0.3) is 0 Å². The fraction of sp³-hybridized carbons (Fsp3) is 1.00. The Bertz CT molecular complexity index is 122. The highest BCUT2D eigenvalue weighted by molar-refractivity contribution is 7.80. The lowest BCUT2D eigenvalue weighted by Gasteiger charge is -2.36. The molecule has 0 atom stereocenters. The molecule has 0 aromatic rings. The highest BCUT2D eigenvalue weighted by atomic mass is 32.1. The second kappa shape index (κ2) is 5.92. The van der Waals surface area contributed by atoms with Gasteiger partial charge in [0.2, 0.25) is 0 Å². The van der Waals surface area contributed by atoms with E-state index in [9.17, 15) is 0 Å². The molecule has 0 aliphatic carbocycles. The highest BCUT2D eigenvalue weighted by Gasteiger charge is 2.26. The normalized spacial score (nSPS) is 12.9. The van der Waals surface area contributed by atoms with Gasteiger partial charge in [-0.1, -0.05) is 13.8 Å². The van der Waals surface area contributed by atoms with Crippen molar-refractivity contribution in [1.29, 1.82) is 0 Å². The van der Waals surface area contributed by atoms with Crippen molar-refractivity contribution >= 4 is 12.6 Å². The molecule has 1 nitrogen and oxygen atoms in total. The van der Waals surface area contributed by atoms with E-state index in [-0.39, 0.29) is 0 Å². The van der Waals surface area contributed by atoms with Crippen molar-refractivity contribution in [1.82, 2.24) is 4.90 Å². The lowest BCUT2D eigenvalue weighted by Crippen LogP contribution is -2.39. The van der Waals surface area contributed by atoms with Crippen LogP contribution < -0.4 is 0 Å². The first-order valence-corrected chi connectivity index (χ1v) is 5.95. The van der Waals surface area contributed by atoms with Crippen LogP contribution in [-0.4, -0.2) is 30.3 Å². The van der Waals surface area contributed by atoms with E-state index in [1.54, 1.807) is 0 Å². The molecule has 0 saturated carbocycles. The minimum absolute atomic E-state index is 0.419. The maximum Gasteiger partial charge on any atom is 0.00452 e. The first-order chi connectivity index (χ1) is 6.01. The summed E-state index contributed by atoms with van der Waals surface area (Å²) in [5.74, 6) is 0.997. The van der Waals surface area contributed by atoms with Crippen molar-refractivity contribution in [3.05, 3.63) is 0 Å². The quantitative estimate of drug-likeness (QED) is 0.649. The third-order valence-corrected chi connectivity index (χ3v) is 3.97. The van der Waals surface area contributed by atoms with E-state index in [0.717, 1.165) is 5.75 Å². The molecule has 13 heavy (non-hydrogen) atoms. The number of nitrogens with zero attached hydrogens (tertiary/aromatic N) is 1. The molecule has 0 aromatic carbocycles. The second-order valence-electron chi connectivity index (χ2n) is 4.37. The Balaban J connectivity index is 4.24. The summed E-state index contributed by atoms with van der Waals surface area (Å²) in [7, 11) is 2.20. The summed E-state index contributed by atoms with van der Waals surface area (Å²) >= 11 is 4.48. The Morgan fingerprint density at radius 1 is 1.23 bits per heavy atom. The van der Waals surface area contributed by atoms with E-state index >= 15 is 0 Å². The van der Waals surface area contributed by atoms with Gasteiger partial charge in [-0.25, -0.2) is 0 Å². The van der Waals surface area contributed by atoms with Crippen molar-refractivity contribution in [3.63, 3.8) is 0 Å². The van der Waals surface area contributed by atoms with Crippen LogP contribution in [-0.2, 0) is 0 Å². The number of hydrogen-bond donors (Lipinski definition) is 1. The summed E-state index contributed by atoms with van der Waals surface area (Å²) in [6.45, 7) is 10.2. The average molecular weight is 203 g/mol. The topological polar surface area (TPSA) is 3.24 Å². The molecule has 0 bridgehead atoms. The van der Waals surface area contributed by atoms with Gasteiger partial charge in [-0.2, -0.15) is 12.6 Å². The van der Waals surface area contributed by atoms with Gasteiger partial charge in [-0.15, -0.1) is 0 Å². The molecule has 0 aliphatic heterocycles. The fourth-order valence-electron chi connectivity index (χ4n) is 1.46. The lowest BCUT2D eigenvalue weighted by atomic mass is 9.83. The van der Waals surface area contributed by atoms with Crippen molar-refractivity contribution in [2.24, 2.45) is 5.41 Å². The zero-order valence-corrected chi connectivity index (χ0v) is 10.7. The van der Waals surface area contributed by atoms with Gasteiger partial charge in [-0.3, -0.25) is 0 Å². The number of thiol groups is 1. The summed E-state index contributed by atoms with van der Waals surface area (Å²) in [6, 6.07) is 0.636. The first-order valence-electron chi connectivity index (χ1n) is 5.32. The minimum Gasteiger partial charge on any atom is -0.303 e. The van der Waals surface area contributed by atoms with E-state index in [0.29, 0.717) is 11.5 Å². The predicted molar refractivity (Wildman–Crippen MR) is 64.6 cm³/mol. The molecule has 0 saturated heterocycles. The number of rotatable bonds is 6. The van der Waals surface area contributed by atoms with Gasteiger partial charge in [0.1, 0.15) is 0 Å². The van der Waals surface area contributed by atoms with Crippen LogP contribution in [0.1, 0.15) is 40.5 Å². The average Bonchev–Trinajstić information content (AvgIpc) is 2.14. The van der Waals surface area contributed by atoms with Gasteiger partial charge < -0.3 is 4.90 Å². The van der Waals surface area contributed by atoms with Crippen LogP contribution >= 0.6 is 12.6 Å². The predicted octanol–water partition coefficient (Wildman–Crippen LogP) is 3.06. The summed E-state index contributed by atoms with van der Waals surface area (Å²) in [6.07, 6.45) is 2.45. The first kappa shape index (κ1) is 13.3. The summed E-state index contributed by atoms with van der Waals surface area (Å²) < 4.78 is 0. The Labute approximate surface area is 89.3 Å². The Morgan fingerprint density at radius 2 is 1.69 bits per heavy atom. The molecule has 0 unspecified atom stereocenters. The van der Waals surface area contributed by atoms with Gasteiger partial charge >= 0.3 is 0 Å². The second-order valence-corrected chi connectivity index (χ2v) is 4.69. The van der Waals surface area contributed by atoms with E-state index in [1.807, 2.05) is 0 Å². The van der Waals surface area contributed by atoms with E-state index in [2.05, 4.69) is 52.3 Å². The van der Waals surface area contributed by atoms with Crippen LogP contribution in [0.15, 0.2) is 0 Å². The van der Waals surface area contributed by atoms with Crippen molar-refractivity contribution in [3.8, 4) is 0 Å². The molecule has 0 amide bonds. The van der Waals surface area contributed by atoms with E-state index in [4.69, 9.17) is 0 Å². The van der Waals surface area contributed by atoms with E-state index in [1.165, 1.54) is 19.4 Å². The van der Waals surface area contributed by atoms with Gasteiger partial charge in [0.05, 0.1) is 0 Å². The van der Waals surface area contributed by atoms with Crippen LogP contribution in [0.2, 0.25) is 0 Å². The molecular weight excluding hydrogens is 178 g/mol. The van der Waals surface area contributed by atoms with Crippen molar-refractivity contribution in [2.45, 2.75) is 46.6 Å². The molecule has 2 heteroatoms. The zero-order valence-electron chi connectivity index (χ0n) is 9.80. The highest BCUT2D eigenvalue weighted by Crippen LogP contribution is 2.29. The third kappa shape index (κ3) is 3.90. The summed E-state index contributed by atoms with van der Waals surface area (Å²) in [5.41, 5.74) is 0.419. The Kier molecular flexibility index (Phi) is 6.06. The molecule has 80 valence electrons. The Hall–Kier alpha value is 0.310. The smallest absolute Gasteiger partial charge is 0.00452 e. The summed E-state index contributed by atoms with van der Waals surface area (Å²) in [4.78, 5) is 2.42. The standard InChI is InChI=1S/C11H25NS/c1-6-11(7-2,9-13)8-12(5)10(3)4/h10,13H,6-9H2,1-5H3. The van der Waals surface area contributed by atoms with Crippen LogP contribution in [0.3, 0.4) is 0 Å². The minimum atomic E-state index is 0.419. The molecule has 0 N–H and O–H groups in total. The van der Waals surface area contributed by atoms with E-state index < -0.39 is 0 Å². The lowest BCUT2D eigenvalue weighted by molar-refractivity contribution is 0.157. The van der Waals surface area contributed by atoms with Gasteiger partial charge in [-0.05, 0) is 44.9 Å². The Morgan fingerprint density at radius 3 is 1.92 bits per heavy atom. The molecule has 0 radical (unpaired) electrons. The van der Waals surface area contributed by atoms with Crippen LogP contribution in [0.4, 0.5) is 0 Å². The van der Waals surface area contributed by atoms with Gasteiger partial charge in [0.15, 0.2) is 0 Å². The SMILES string of the molecule is CCC(CC)(CS)CN(C)C(C)C. The molecule has 0 rings (SSSR count). The molecule has 0 aliphatic rings. The monoisotopic (exact) mass is 203 g/mol. The van der Waals surface area contributed by atoms with Crippen LogP contribution in [0.5, 0.6) is 0 Å². The third-order valence-electron chi connectivity index (χ3n) is 3.30. The molecule has 0 spiro atoms. The van der Waals surface area contributed by atoms with Crippen molar-refractivity contribution in [2.75, 3.05) is 19.3 Å². The molecular formula is C11H25NS. The molecule has 0 aromatic heterocycles. The fourth-order valence-corrected chi connectivity index (χ4v) is 2.01. The molecule has 0 fully saturated rings. The van der Waals surface area contributed by atoms with Crippen molar-refractivity contribution < 1.29 is 0 Å². The van der Waals surface area contributed by atoms with Gasteiger partial charge in [0, 0.05) is 12.6 Å². The van der Waals surface area contributed by atoms with Gasteiger partial charge in [0.25, 0.3) is 0 Å². The number of hydrogen-bond acceptors (Lipinski definition) is 2. The maximum atomic E-state index is 4.48.